The van der Waals surface area contributed by atoms with Gasteiger partial charge in [0.1, 0.15) is 22.9 Å². The van der Waals surface area contributed by atoms with Gasteiger partial charge in [-0.2, -0.15) is 0 Å². The molecular formula is C29H38N4O5. The second-order valence-electron chi connectivity index (χ2n) is 10.1. The van der Waals surface area contributed by atoms with Crippen molar-refractivity contribution in [2.45, 2.75) is 71.4 Å². The van der Waals surface area contributed by atoms with Gasteiger partial charge in [-0.15, -0.1) is 5.10 Å². The summed E-state index contributed by atoms with van der Waals surface area (Å²) in [5.74, 6) is 0.0580. The van der Waals surface area contributed by atoms with Crippen molar-refractivity contribution in [2.24, 2.45) is 7.05 Å². The summed E-state index contributed by atoms with van der Waals surface area (Å²) in [5, 5.41) is 8.56. The molecule has 9 heteroatoms. The maximum absolute atomic E-state index is 12.8. The third-order valence-corrected chi connectivity index (χ3v) is 7.47. The molecule has 1 fully saturated rings. The standard InChI is InChI=1S/C29H38N4O5/c1-7-37-26(34)16-24(23-15-25(36-6)28-27(19(23)3)30-31-33(28)5)20-13-12-18(2)21(14-20)17-32(4)29(35)38-22-10-8-9-11-22/h12-15,22,24H,7-11,16-17H2,1-6H3. The average molecular weight is 523 g/mol. The number of benzene rings is 2. The Labute approximate surface area is 224 Å². The molecule has 1 aromatic heterocycles. The van der Waals surface area contributed by atoms with Gasteiger partial charge in [0, 0.05) is 26.6 Å². The minimum absolute atomic E-state index is 0.0142. The molecule has 3 aromatic rings. The Balaban J connectivity index is 1.70. The van der Waals surface area contributed by atoms with Crippen LogP contribution in [0.1, 0.15) is 72.8 Å². The lowest BCUT2D eigenvalue weighted by atomic mass is 9.84. The Morgan fingerprint density at radius 3 is 2.61 bits per heavy atom. The molecule has 0 N–H and O–H groups in total. The highest BCUT2D eigenvalue weighted by molar-refractivity contribution is 5.86. The number of aryl methyl sites for hydroxylation is 3. The van der Waals surface area contributed by atoms with E-state index in [-0.39, 0.29) is 30.5 Å². The molecule has 38 heavy (non-hydrogen) atoms. The number of hydrogen-bond acceptors (Lipinski definition) is 7. The molecule has 9 nitrogen and oxygen atoms in total. The van der Waals surface area contributed by atoms with Crippen molar-refractivity contribution in [3.8, 4) is 5.75 Å². The number of aromatic nitrogens is 3. The van der Waals surface area contributed by atoms with E-state index in [9.17, 15) is 9.59 Å². The van der Waals surface area contributed by atoms with Crippen molar-refractivity contribution in [1.29, 1.82) is 0 Å². The number of rotatable bonds is 9. The third kappa shape index (κ3) is 5.76. The van der Waals surface area contributed by atoms with Gasteiger partial charge in [-0.05, 0) is 80.3 Å². The zero-order chi connectivity index (χ0) is 27.4. The van der Waals surface area contributed by atoms with Crippen molar-refractivity contribution < 1.29 is 23.8 Å². The first kappa shape index (κ1) is 27.4. The van der Waals surface area contributed by atoms with E-state index in [0.717, 1.165) is 64.5 Å². The largest absolute Gasteiger partial charge is 0.494 e. The molecule has 0 radical (unpaired) electrons. The number of hydrogen-bond donors (Lipinski definition) is 0. The number of ether oxygens (including phenoxy) is 3. The number of methoxy groups -OCH3 is 1. The van der Waals surface area contributed by atoms with Crippen LogP contribution in [0.5, 0.6) is 5.75 Å². The van der Waals surface area contributed by atoms with Crippen LogP contribution in [0.3, 0.4) is 0 Å². The molecule has 0 saturated heterocycles. The van der Waals surface area contributed by atoms with E-state index in [0.29, 0.717) is 18.9 Å². The molecule has 1 heterocycles. The summed E-state index contributed by atoms with van der Waals surface area (Å²) >= 11 is 0. The smallest absolute Gasteiger partial charge is 0.410 e. The van der Waals surface area contributed by atoms with E-state index >= 15 is 0 Å². The fourth-order valence-electron chi connectivity index (χ4n) is 5.29. The molecule has 4 rings (SSSR count). The van der Waals surface area contributed by atoms with E-state index < -0.39 is 0 Å². The van der Waals surface area contributed by atoms with Crippen molar-refractivity contribution in [2.75, 3.05) is 20.8 Å². The molecule has 1 aliphatic carbocycles. The number of amides is 1. The summed E-state index contributed by atoms with van der Waals surface area (Å²) in [5.41, 5.74) is 6.39. The Hall–Kier alpha value is -3.62. The van der Waals surface area contributed by atoms with Crippen LogP contribution in [0.25, 0.3) is 11.0 Å². The van der Waals surface area contributed by atoms with Crippen molar-refractivity contribution in [1.82, 2.24) is 19.9 Å². The zero-order valence-corrected chi connectivity index (χ0v) is 23.2. The molecule has 1 amide bonds. The minimum Gasteiger partial charge on any atom is -0.494 e. The van der Waals surface area contributed by atoms with Gasteiger partial charge in [0.2, 0.25) is 0 Å². The molecule has 1 saturated carbocycles. The van der Waals surface area contributed by atoms with Crippen LogP contribution in [0.15, 0.2) is 24.3 Å². The Bertz CT molecular complexity index is 1310. The molecule has 1 unspecified atom stereocenters. The summed E-state index contributed by atoms with van der Waals surface area (Å²) in [4.78, 5) is 27.1. The first-order chi connectivity index (χ1) is 18.2. The summed E-state index contributed by atoms with van der Waals surface area (Å²) in [6.07, 6.45) is 3.94. The zero-order valence-electron chi connectivity index (χ0n) is 23.2. The van der Waals surface area contributed by atoms with Crippen LogP contribution in [-0.4, -0.2) is 58.8 Å². The summed E-state index contributed by atoms with van der Waals surface area (Å²) in [7, 11) is 5.20. The van der Waals surface area contributed by atoms with E-state index in [1.807, 2.05) is 39.1 Å². The Kier molecular flexibility index (Phi) is 8.54. The molecule has 0 spiro atoms. The fourth-order valence-corrected chi connectivity index (χ4v) is 5.29. The highest BCUT2D eigenvalue weighted by Crippen LogP contribution is 2.38. The Morgan fingerprint density at radius 1 is 1.18 bits per heavy atom. The second-order valence-corrected chi connectivity index (χ2v) is 10.1. The first-order valence-corrected chi connectivity index (χ1v) is 13.3. The normalized spacial score (nSPS) is 14.5. The maximum Gasteiger partial charge on any atom is 0.410 e. The van der Waals surface area contributed by atoms with Gasteiger partial charge in [-0.25, -0.2) is 9.48 Å². The topological polar surface area (TPSA) is 95.8 Å². The second kappa shape index (κ2) is 11.8. The number of carbonyl (C=O) groups is 2. The summed E-state index contributed by atoms with van der Waals surface area (Å²) in [6.45, 7) is 6.53. The van der Waals surface area contributed by atoms with Crippen molar-refractivity contribution in [3.63, 3.8) is 0 Å². The first-order valence-electron chi connectivity index (χ1n) is 13.3. The molecule has 0 bridgehead atoms. The number of fused-ring (bicyclic) bond motifs is 1. The van der Waals surface area contributed by atoms with E-state index in [4.69, 9.17) is 14.2 Å². The van der Waals surface area contributed by atoms with Crippen LogP contribution < -0.4 is 4.74 Å². The van der Waals surface area contributed by atoms with E-state index in [1.165, 1.54) is 0 Å². The molecule has 1 aliphatic rings. The fraction of sp³-hybridized carbons (Fsp3) is 0.517. The lowest BCUT2D eigenvalue weighted by Gasteiger charge is -2.24. The van der Waals surface area contributed by atoms with Crippen LogP contribution in [0.4, 0.5) is 4.79 Å². The van der Waals surface area contributed by atoms with E-state index in [2.05, 4.69) is 16.4 Å². The number of nitrogens with zero attached hydrogens (tertiary/aromatic N) is 4. The van der Waals surface area contributed by atoms with Gasteiger partial charge in [-0.3, -0.25) is 4.79 Å². The molecule has 2 aromatic carbocycles. The maximum atomic E-state index is 12.8. The van der Waals surface area contributed by atoms with Crippen LogP contribution in [-0.2, 0) is 27.9 Å². The highest BCUT2D eigenvalue weighted by atomic mass is 16.6. The Morgan fingerprint density at radius 2 is 1.92 bits per heavy atom. The van der Waals surface area contributed by atoms with Crippen LogP contribution in [0.2, 0.25) is 0 Å². The van der Waals surface area contributed by atoms with Gasteiger partial charge >= 0.3 is 12.1 Å². The van der Waals surface area contributed by atoms with Crippen LogP contribution in [0, 0.1) is 13.8 Å². The highest BCUT2D eigenvalue weighted by Gasteiger charge is 2.26. The molecule has 204 valence electrons. The predicted octanol–water partition coefficient (Wildman–Crippen LogP) is 5.19. The lowest BCUT2D eigenvalue weighted by Crippen LogP contribution is -2.30. The van der Waals surface area contributed by atoms with Gasteiger partial charge in [0.15, 0.2) is 0 Å². The number of esters is 1. The quantitative estimate of drug-likeness (QED) is 0.357. The van der Waals surface area contributed by atoms with Gasteiger partial charge in [-0.1, -0.05) is 23.4 Å². The monoisotopic (exact) mass is 522 g/mol. The van der Waals surface area contributed by atoms with Crippen molar-refractivity contribution >= 4 is 23.1 Å². The SMILES string of the molecule is CCOC(=O)CC(c1ccc(C)c(CN(C)C(=O)OC2CCCC2)c1)c1cc(OC)c2c(nnn2C)c1C. The van der Waals surface area contributed by atoms with E-state index in [1.54, 1.807) is 30.7 Å². The average Bonchev–Trinajstić information content (AvgIpc) is 3.55. The summed E-state index contributed by atoms with van der Waals surface area (Å²) < 4.78 is 18.4. The summed E-state index contributed by atoms with van der Waals surface area (Å²) in [6, 6.07) is 8.11. The molecule has 1 atom stereocenters. The molecular weight excluding hydrogens is 484 g/mol. The lowest BCUT2D eigenvalue weighted by molar-refractivity contribution is -0.143. The van der Waals surface area contributed by atoms with Gasteiger partial charge < -0.3 is 19.1 Å². The molecule has 0 aliphatic heterocycles. The third-order valence-electron chi connectivity index (χ3n) is 7.47. The predicted molar refractivity (Wildman–Crippen MR) is 144 cm³/mol. The van der Waals surface area contributed by atoms with Crippen LogP contribution >= 0.6 is 0 Å². The van der Waals surface area contributed by atoms with Crippen molar-refractivity contribution in [3.05, 3.63) is 52.1 Å². The number of carbonyl (C=O) groups excluding carboxylic acids is 2. The van der Waals surface area contributed by atoms with Gasteiger partial charge in [0.25, 0.3) is 0 Å². The van der Waals surface area contributed by atoms with Gasteiger partial charge in [0.05, 0.1) is 20.1 Å². The minimum atomic E-state index is -0.307.